The van der Waals surface area contributed by atoms with E-state index < -0.39 is 27.6 Å². The fraction of sp³-hybridized carbons (Fsp3) is 0.450. The predicted octanol–water partition coefficient (Wildman–Crippen LogP) is 1.41. The molecule has 8 nitrogen and oxygen atoms in total. The number of anilines is 1. The van der Waals surface area contributed by atoms with Gasteiger partial charge in [0.1, 0.15) is 5.84 Å². The molecule has 29 heavy (non-hydrogen) atoms. The average molecular weight is 417 g/mol. The van der Waals surface area contributed by atoms with Gasteiger partial charge in [0, 0.05) is 37.3 Å². The third-order valence-corrected chi connectivity index (χ3v) is 6.87. The van der Waals surface area contributed by atoms with Crippen molar-refractivity contribution >= 4 is 33.2 Å². The summed E-state index contributed by atoms with van der Waals surface area (Å²) in [7, 11) is -3.93. The SMILES string of the molecule is CC(C)CCN1C(=O)C(C2=NS(=O)(=O)C3=C(CCNC3)N2)C(=O)c2ccccc21. The molecule has 4 rings (SSSR count). The molecule has 3 aliphatic heterocycles. The zero-order valence-corrected chi connectivity index (χ0v) is 17.3. The maximum absolute atomic E-state index is 13.3. The van der Waals surface area contributed by atoms with Crippen molar-refractivity contribution in [3.8, 4) is 0 Å². The number of amidine groups is 1. The molecule has 9 heteroatoms. The predicted molar refractivity (Wildman–Crippen MR) is 110 cm³/mol. The van der Waals surface area contributed by atoms with Gasteiger partial charge in [0.25, 0.3) is 10.0 Å². The second-order valence-corrected chi connectivity index (χ2v) is 9.52. The molecule has 0 saturated carbocycles. The molecular weight excluding hydrogens is 392 g/mol. The van der Waals surface area contributed by atoms with E-state index in [1.807, 2.05) is 0 Å². The van der Waals surface area contributed by atoms with Crippen LogP contribution in [-0.2, 0) is 14.8 Å². The molecule has 1 atom stereocenters. The maximum atomic E-state index is 13.3. The van der Waals surface area contributed by atoms with Crippen LogP contribution in [0.3, 0.4) is 0 Å². The summed E-state index contributed by atoms with van der Waals surface area (Å²) in [6.07, 6.45) is 1.23. The maximum Gasteiger partial charge on any atom is 0.283 e. The number of fused-ring (bicyclic) bond motifs is 1. The van der Waals surface area contributed by atoms with E-state index in [1.165, 1.54) is 0 Å². The van der Waals surface area contributed by atoms with Crippen LogP contribution < -0.4 is 15.5 Å². The van der Waals surface area contributed by atoms with Gasteiger partial charge in [0.05, 0.1) is 10.6 Å². The highest BCUT2D eigenvalue weighted by Crippen LogP contribution is 2.33. The topological polar surface area (TPSA) is 108 Å². The van der Waals surface area contributed by atoms with Crippen molar-refractivity contribution in [3.05, 3.63) is 40.4 Å². The minimum Gasteiger partial charge on any atom is -0.344 e. The summed E-state index contributed by atoms with van der Waals surface area (Å²) in [6, 6.07) is 6.95. The van der Waals surface area contributed by atoms with Crippen molar-refractivity contribution in [1.82, 2.24) is 10.6 Å². The number of para-hydroxylation sites is 1. The summed E-state index contributed by atoms with van der Waals surface area (Å²) in [4.78, 5) is 28.3. The van der Waals surface area contributed by atoms with Gasteiger partial charge < -0.3 is 15.5 Å². The van der Waals surface area contributed by atoms with E-state index in [2.05, 4.69) is 28.9 Å². The third kappa shape index (κ3) is 3.49. The molecule has 1 unspecified atom stereocenters. The molecule has 0 fully saturated rings. The number of hydrogen-bond acceptors (Lipinski definition) is 6. The van der Waals surface area contributed by atoms with Gasteiger partial charge in [0.2, 0.25) is 5.91 Å². The van der Waals surface area contributed by atoms with Crippen molar-refractivity contribution < 1.29 is 18.0 Å². The minimum atomic E-state index is -3.93. The third-order valence-electron chi connectivity index (χ3n) is 5.42. The molecule has 0 saturated heterocycles. The van der Waals surface area contributed by atoms with Gasteiger partial charge in [0.15, 0.2) is 11.7 Å². The van der Waals surface area contributed by atoms with Crippen LogP contribution in [0.4, 0.5) is 5.69 Å². The highest BCUT2D eigenvalue weighted by atomic mass is 32.2. The molecule has 3 aliphatic rings. The number of benzene rings is 1. The number of sulfonamides is 1. The summed E-state index contributed by atoms with van der Waals surface area (Å²) < 4.78 is 29.2. The van der Waals surface area contributed by atoms with Gasteiger partial charge in [-0.05, 0) is 24.5 Å². The monoisotopic (exact) mass is 416 g/mol. The van der Waals surface area contributed by atoms with Crippen LogP contribution in [-0.4, -0.2) is 45.6 Å². The Hall–Kier alpha value is -2.52. The normalized spacial score (nSPS) is 23.5. The van der Waals surface area contributed by atoms with E-state index in [-0.39, 0.29) is 17.3 Å². The van der Waals surface area contributed by atoms with Crippen LogP contribution in [0.2, 0.25) is 0 Å². The molecular formula is C20H24N4O4S. The second-order valence-electron chi connectivity index (χ2n) is 7.89. The van der Waals surface area contributed by atoms with Crippen LogP contribution in [0.1, 0.15) is 37.0 Å². The zero-order chi connectivity index (χ0) is 20.8. The lowest BCUT2D eigenvalue weighted by atomic mass is 9.88. The minimum absolute atomic E-state index is 0.0929. The van der Waals surface area contributed by atoms with E-state index in [9.17, 15) is 18.0 Å². The summed E-state index contributed by atoms with van der Waals surface area (Å²) in [6.45, 7) is 5.39. The summed E-state index contributed by atoms with van der Waals surface area (Å²) >= 11 is 0. The number of amides is 1. The summed E-state index contributed by atoms with van der Waals surface area (Å²) in [5, 5.41) is 6.01. The standard InChI is InChI=1S/C20H24N4O4S/c1-12(2)8-10-24-15-6-4-3-5-13(15)18(25)17(20(24)26)19-22-14-7-9-21-11-16(14)29(27,28)23-19/h3-6,12,17,21H,7-11H2,1-2H3,(H,22,23). The molecule has 1 aromatic rings. The van der Waals surface area contributed by atoms with Gasteiger partial charge in [-0.15, -0.1) is 4.40 Å². The molecule has 3 heterocycles. The van der Waals surface area contributed by atoms with E-state index >= 15 is 0 Å². The fourth-order valence-corrected chi connectivity index (χ4v) is 5.12. The molecule has 0 aliphatic carbocycles. The first-order valence-corrected chi connectivity index (χ1v) is 11.2. The van der Waals surface area contributed by atoms with Gasteiger partial charge in [-0.25, -0.2) is 0 Å². The van der Waals surface area contributed by atoms with E-state index in [4.69, 9.17) is 0 Å². The zero-order valence-electron chi connectivity index (χ0n) is 16.4. The van der Waals surface area contributed by atoms with Crippen molar-refractivity contribution in [1.29, 1.82) is 0 Å². The fourth-order valence-electron chi connectivity index (χ4n) is 3.85. The lowest BCUT2D eigenvalue weighted by Gasteiger charge is -2.35. The van der Waals surface area contributed by atoms with E-state index in [0.717, 1.165) is 6.42 Å². The van der Waals surface area contributed by atoms with E-state index in [1.54, 1.807) is 29.2 Å². The first-order valence-electron chi connectivity index (χ1n) is 9.79. The molecule has 0 radical (unpaired) electrons. The van der Waals surface area contributed by atoms with Crippen LogP contribution in [0, 0.1) is 11.8 Å². The van der Waals surface area contributed by atoms with Gasteiger partial charge >= 0.3 is 0 Å². The number of nitrogens with one attached hydrogen (secondary N) is 2. The Balaban J connectivity index is 1.75. The smallest absolute Gasteiger partial charge is 0.283 e. The Bertz CT molecular complexity index is 1040. The molecule has 154 valence electrons. The van der Waals surface area contributed by atoms with Crippen molar-refractivity contribution in [2.24, 2.45) is 16.2 Å². The lowest BCUT2D eigenvalue weighted by Crippen LogP contribution is -2.53. The molecule has 1 aromatic carbocycles. The Morgan fingerprint density at radius 2 is 2.00 bits per heavy atom. The Morgan fingerprint density at radius 3 is 2.76 bits per heavy atom. The number of carbonyl (C=O) groups is 2. The number of ketones is 1. The van der Waals surface area contributed by atoms with Crippen LogP contribution in [0.5, 0.6) is 0 Å². The molecule has 1 amide bonds. The van der Waals surface area contributed by atoms with Gasteiger partial charge in [-0.3, -0.25) is 9.59 Å². The number of carbonyl (C=O) groups excluding carboxylic acids is 2. The quantitative estimate of drug-likeness (QED) is 0.719. The number of Topliss-reactive ketones (excluding diaryl/α,β-unsaturated/α-hetero) is 1. The summed E-state index contributed by atoms with van der Waals surface area (Å²) in [5.74, 6) is -1.86. The highest BCUT2D eigenvalue weighted by Gasteiger charge is 2.45. The highest BCUT2D eigenvalue weighted by molar-refractivity contribution is 7.94. The van der Waals surface area contributed by atoms with Crippen LogP contribution in [0.15, 0.2) is 39.3 Å². The Kier molecular flexibility index (Phi) is 5.04. The lowest BCUT2D eigenvalue weighted by molar-refractivity contribution is -0.119. The van der Waals surface area contributed by atoms with Crippen molar-refractivity contribution in [2.45, 2.75) is 26.7 Å². The molecule has 0 bridgehead atoms. The number of nitrogens with zero attached hydrogens (tertiary/aromatic N) is 2. The van der Waals surface area contributed by atoms with Crippen molar-refractivity contribution in [2.75, 3.05) is 24.5 Å². The van der Waals surface area contributed by atoms with Gasteiger partial charge in [-0.2, -0.15) is 8.42 Å². The average Bonchev–Trinajstić information content (AvgIpc) is 2.67. The first-order chi connectivity index (χ1) is 13.8. The number of rotatable bonds is 4. The Morgan fingerprint density at radius 1 is 1.24 bits per heavy atom. The summed E-state index contributed by atoms with van der Waals surface area (Å²) in [5.41, 5.74) is 1.50. The largest absolute Gasteiger partial charge is 0.344 e. The molecule has 0 spiro atoms. The van der Waals surface area contributed by atoms with Crippen LogP contribution in [0.25, 0.3) is 0 Å². The van der Waals surface area contributed by atoms with Crippen LogP contribution >= 0.6 is 0 Å². The second kappa shape index (κ2) is 7.38. The Labute approximate surface area is 170 Å². The number of hydrogen-bond donors (Lipinski definition) is 2. The van der Waals surface area contributed by atoms with E-state index in [0.29, 0.717) is 42.4 Å². The molecule has 0 aromatic heterocycles. The van der Waals surface area contributed by atoms with Crippen molar-refractivity contribution in [3.63, 3.8) is 0 Å². The first kappa shape index (κ1) is 19.8. The molecule has 2 N–H and O–H groups in total. The van der Waals surface area contributed by atoms with Gasteiger partial charge in [-0.1, -0.05) is 26.0 Å².